The van der Waals surface area contributed by atoms with Gasteiger partial charge in [-0.15, -0.1) is 11.3 Å². The van der Waals surface area contributed by atoms with E-state index in [1.54, 1.807) is 23.5 Å². The third kappa shape index (κ3) is 4.17. The highest BCUT2D eigenvalue weighted by Crippen LogP contribution is 2.49. The Bertz CT molecular complexity index is 1340. The van der Waals surface area contributed by atoms with Gasteiger partial charge in [-0.1, -0.05) is 37.7 Å². The quantitative estimate of drug-likeness (QED) is 0.365. The van der Waals surface area contributed by atoms with Crippen LogP contribution in [-0.4, -0.2) is 15.8 Å². The first-order valence-corrected chi connectivity index (χ1v) is 12.7. The predicted octanol–water partition coefficient (Wildman–Crippen LogP) is 5.77. The number of aromatic nitrogens is 2. The van der Waals surface area contributed by atoms with Gasteiger partial charge in [-0.3, -0.25) is 9.59 Å². The van der Waals surface area contributed by atoms with Gasteiger partial charge in [0.15, 0.2) is 10.9 Å². The minimum absolute atomic E-state index is 0.0892. The highest BCUT2D eigenvalue weighted by Gasteiger charge is 2.43. The minimum Gasteiger partial charge on any atom is -0.343 e. The number of nitrogens with zero attached hydrogens (tertiary/aromatic N) is 1. The van der Waals surface area contributed by atoms with Crippen LogP contribution in [0.2, 0.25) is 0 Å². The lowest BCUT2D eigenvalue weighted by Crippen LogP contribution is -2.36. The maximum absolute atomic E-state index is 13.3. The molecule has 3 aromatic rings. The number of fused-ring (bicyclic) bond motifs is 1. The number of halogens is 1. The van der Waals surface area contributed by atoms with Crippen LogP contribution in [0.25, 0.3) is 0 Å². The van der Waals surface area contributed by atoms with E-state index in [4.69, 9.17) is 4.98 Å². The van der Waals surface area contributed by atoms with Crippen LogP contribution in [0, 0.1) is 18.2 Å². The lowest BCUT2D eigenvalue weighted by Gasteiger charge is -2.38. The normalized spacial score (nSPS) is 19.2. The number of hydrogen-bond acceptors (Lipinski definition) is 6. The fourth-order valence-electron chi connectivity index (χ4n) is 4.64. The van der Waals surface area contributed by atoms with E-state index in [2.05, 4.69) is 24.1 Å². The molecule has 1 atom stereocenters. The van der Waals surface area contributed by atoms with Crippen LogP contribution >= 0.6 is 23.1 Å². The largest absolute Gasteiger partial charge is 0.343 e. The highest BCUT2D eigenvalue weighted by atomic mass is 32.2. The summed E-state index contributed by atoms with van der Waals surface area (Å²) in [6.45, 7) is 6.19. The molecule has 0 saturated carbocycles. The number of H-pyrrole nitrogens is 1. The van der Waals surface area contributed by atoms with Gasteiger partial charge in [0.2, 0.25) is 0 Å². The Kier molecular flexibility index (Phi) is 5.53. The molecule has 0 spiro atoms. The number of carbonyl (C=O) groups is 1. The smallest absolute Gasteiger partial charge is 0.257 e. The molecule has 1 unspecified atom stereocenters. The molecule has 1 aliphatic heterocycles. The van der Waals surface area contributed by atoms with Gasteiger partial charge in [-0.05, 0) is 53.5 Å². The number of allylic oxidation sites excluding steroid dienone is 2. The molecule has 2 N–H and O–H groups in total. The first-order valence-electron chi connectivity index (χ1n) is 10.8. The Hall–Kier alpha value is -2.71. The van der Waals surface area contributed by atoms with Gasteiger partial charge in [-0.25, -0.2) is 9.37 Å². The Morgan fingerprint density at radius 3 is 2.64 bits per heavy atom. The maximum atomic E-state index is 13.3. The van der Waals surface area contributed by atoms with Crippen molar-refractivity contribution in [2.45, 2.75) is 50.4 Å². The number of carbonyl (C=O) groups excluding carboxylic acids is 1. The molecular formula is C25H24FN3O2S2. The minimum atomic E-state index is -0.410. The standard InChI is InChI=1S/C25H24FN3O2S2/c1-13-8-9-32-21(13)19-18-16(10-25(2,3)11-17(18)30)27-22-20(19)23(31)29-24(28-22)33-12-14-4-6-15(26)7-5-14/h4-9,19H,10-12H2,1-3H3,(H2,27,28,29,31). The van der Waals surface area contributed by atoms with Crippen LogP contribution in [0.3, 0.4) is 0 Å². The molecular weight excluding hydrogens is 457 g/mol. The monoisotopic (exact) mass is 481 g/mol. The molecule has 5 rings (SSSR count). The van der Waals surface area contributed by atoms with Gasteiger partial charge in [0, 0.05) is 28.3 Å². The number of thiophene rings is 1. The number of thioether (sulfide) groups is 1. The lowest BCUT2D eigenvalue weighted by molar-refractivity contribution is -0.118. The summed E-state index contributed by atoms with van der Waals surface area (Å²) in [5.74, 6) is 0.466. The topological polar surface area (TPSA) is 74.8 Å². The molecule has 3 heterocycles. The number of hydrogen-bond donors (Lipinski definition) is 2. The summed E-state index contributed by atoms with van der Waals surface area (Å²) in [5, 5.41) is 5.84. The van der Waals surface area contributed by atoms with Crippen LogP contribution in [0.4, 0.5) is 10.2 Å². The number of benzene rings is 1. The van der Waals surface area contributed by atoms with Gasteiger partial charge in [-0.2, -0.15) is 0 Å². The summed E-state index contributed by atoms with van der Waals surface area (Å²) in [5.41, 5.74) is 3.68. The van der Waals surface area contributed by atoms with E-state index in [9.17, 15) is 14.0 Å². The Balaban J connectivity index is 1.57. The number of ketones is 1. The second-order valence-corrected chi connectivity index (χ2v) is 11.3. The van der Waals surface area contributed by atoms with Crippen LogP contribution in [0.1, 0.15) is 54.2 Å². The Morgan fingerprint density at radius 1 is 1.18 bits per heavy atom. The van der Waals surface area contributed by atoms with Crippen molar-refractivity contribution in [3.8, 4) is 0 Å². The first-order chi connectivity index (χ1) is 15.7. The summed E-state index contributed by atoms with van der Waals surface area (Å²) < 4.78 is 13.2. The third-order valence-electron chi connectivity index (χ3n) is 6.15. The predicted molar refractivity (Wildman–Crippen MR) is 130 cm³/mol. The molecule has 8 heteroatoms. The average molecular weight is 482 g/mol. The molecule has 0 amide bonds. The first kappa shape index (κ1) is 22.1. The van der Waals surface area contributed by atoms with E-state index >= 15 is 0 Å². The van der Waals surface area contributed by atoms with Gasteiger partial charge in [0.1, 0.15) is 11.6 Å². The van der Waals surface area contributed by atoms with Gasteiger partial charge in [0.25, 0.3) is 5.56 Å². The van der Waals surface area contributed by atoms with Crippen molar-refractivity contribution in [3.63, 3.8) is 0 Å². The van der Waals surface area contributed by atoms with Crippen molar-refractivity contribution in [2.75, 3.05) is 5.32 Å². The van der Waals surface area contributed by atoms with Gasteiger partial charge in [0.05, 0.1) is 11.5 Å². The molecule has 5 nitrogen and oxygen atoms in total. The van der Waals surface area contributed by atoms with Crippen molar-refractivity contribution in [1.82, 2.24) is 9.97 Å². The second kappa shape index (κ2) is 8.25. The molecule has 0 fully saturated rings. The van der Waals surface area contributed by atoms with Crippen molar-refractivity contribution < 1.29 is 9.18 Å². The van der Waals surface area contributed by atoms with E-state index in [0.717, 1.165) is 28.1 Å². The maximum Gasteiger partial charge on any atom is 0.257 e. The Morgan fingerprint density at radius 2 is 1.94 bits per heavy atom. The van der Waals surface area contributed by atoms with Gasteiger partial charge >= 0.3 is 0 Å². The van der Waals surface area contributed by atoms with Crippen molar-refractivity contribution in [1.29, 1.82) is 0 Å². The summed E-state index contributed by atoms with van der Waals surface area (Å²) in [4.78, 5) is 35.3. The molecule has 0 saturated heterocycles. The zero-order valence-corrected chi connectivity index (χ0v) is 20.3. The Labute approximate surface area is 199 Å². The zero-order chi connectivity index (χ0) is 23.3. The van der Waals surface area contributed by atoms with E-state index in [-0.39, 0.29) is 22.6 Å². The summed E-state index contributed by atoms with van der Waals surface area (Å²) >= 11 is 2.96. The fourth-order valence-corrected chi connectivity index (χ4v) is 6.50. The second-order valence-electron chi connectivity index (χ2n) is 9.41. The number of aryl methyl sites for hydroxylation is 1. The van der Waals surface area contributed by atoms with Crippen molar-refractivity contribution >= 4 is 34.7 Å². The zero-order valence-electron chi connectivity index (χ0n) is 18.6. The third-order valence-corrected chi connectivity index (χ3v) is 8.18. The van der Waals surface area contributed by atoms with Crippen LogP contribution in [-0.2, 0) is 10.5 Å². The number of Topliss-reactive ketones (excluding diaryl/α,β-unsaturated/α-hetero) is 1. The van der Waals surface area contributed by atoms with Crippen LogP contribution < -0.4 is 10.9 Å². The van der Waals surface area contributed by atoms with Crippen molar-refractivity contribution in [3.05, 3.63) is 84.7 Å². The summed E-state index contributed by atoms with van der Waals surface area (Å²) in [7, 11) is 0. The molecule has 0 radical (unpaired) electrons. The highest BCUT2D eigenvalue weighted by molar-refractivity contribution is 7.98. The number of nitrogens with one attached hydrogen (secondary N) is 2. The number of aromatic amines is 1. The molecule has 170 valence electrons. The number of anilines is 1. The van der Waals surface area contributed by atoms with E-state index in [0.29, 0.717) is 34.3 Å². The SMILES string of the molecule is Cc1ccsc1C1C2=C(CC(C)(C)CC2=O)Nc2nc(SCc3ccc(F)cc3)[nH]c(=O)c21. The lowest BCUT2D eigenvalue weighted by atomic mass is 9.70. The van der Waals surface area contributed by atoms with E-state index in [1.165, 1.54) is 23.9 Å². The summed E-state index contributed by atoms with van der Waals surface area (Å²) in [6.07, 6.45) is 1.18. The van der Waals surface area contributed by atoms with Gasteiger partial charge < -0.3 is 10.3 Å². The average Bonchev–Trinajstić information content (AvgIpc) is 3.16. The molecule has 2 aliphatic rings. The van der Waals surface area contributed by atoms with Crippen LogP contribution in [0.15, 0.2) is 56.9 Å². The molecule has 0 bridgehead atoms. The summed E-state index contributed by atoms with van der Waals surface area (Å²) in [6, 6.07) is 8.31. The van der Waals surface area contributed by atoms with E-state index < -0.39 is 5.92 Å². The molecule has 2 aromatic heterocycles. The van der Waals surface area contributed by atoms with E-state index in [1.807, 2.05) is 18.4 Å². The number of rotatable bonds is 4. The fraction of sp³-hybridized carbons (Fsp3) is 0.320. The molecule has 1 aromatic carbocycles. The van der Waals surface area contributed by atoms with Crippen LogP contribution in [0.5, 0.6) is 0 Å². The molecule has 1 aliphatic carbocycles. The molecule has 33 heavy (non-hydrogen) atoms. The van der Waals surface area contributed by atoms with Crippen molar-refractivity contribution in [2.24, 2.45) is 5.41 Å².